The van der Waals surface area contributed by atoms with Crippen molar-refractivity contribution < 1.29 is 19.1 Å². The van der Waals surface area contributed by atoms with Crippen molar-refractivity contribution in [2.75, 3.05) is 32.2 Å². The Morgan fingerprint density at radius 2 is 1.77 bits per heavy atom. The number of hydrogen-bond donors (Lipinski definition) is 1. The number of fused-ring (bicyclic) bond motifs is 1. The zero-order chi connectivity index (χ0) is 22.1. The van der Waals surface area contributed by atoms with E-state index in [4.69, 9.17) is 9.47 Å². The number of methoxy groups -OCH3 is 2. The van der Waals surface area contributed by atoms with Crippen molar-refractivity contribution in [2.45, 2.75) is 38.8 Å². The van der Waals surface area contributed by atoms with E-state index in [1.165, 1.54) is 0 Å². The predicted octanol–water partition coefficient (Wildman–Crippen LogP) is 3.45. The molecule has 0 saturated carbocycles. The molecule has 1 fully saturated rings. The maximum absolute atomic E-state index is 13.1. The summed E-state index contributed by atoms with van der Waals surface area (Å²) in [5, 5.41) is 3.07. The SMILES string of the molecule is COc1cc2c(cc1OC)[C@H](C)N(C(=O)N[C@@H]1CC(=O)N(c3ccc(C)cc3)C1)CC2. The topological polar surface area (TPSA) is 71.1 Å². The van der Waals surface area contributed by atoms with Crippen LogP contribution in [0.4, 0.5) is 10.5 Å². The number of nitrogens with one attached hydrogen (secondary N) is 1. The van der Waals surface area contributed by atoms with E-state index in [1.807, 2.05) is 55.1 Å². The molecule has 0 aromatic heterocycles. The van der Waals surface area contributed by atoms with Gasteiger partial charge < -0.3 is 24.6 Å². The normalized spacial score (nSPS) is 20.5. The molecule has 0 radical (unpaired) electrons. The largest absolute Gasteiger partial charge is 0.493 e. The van der Waals surface area contributed by atoms with Gasteiger partial charge in [0.25, 0.3) is 0 Å². The average molecular weight is 424 g/mol. The highest BCUT2D eigenvalue weighted by Crippen LogP contribution is 2.38. The van der Waals surface area contributed by atoms with Gasteiger partial charge in [0, 0.05) is 25.2 Å². The van der Waals surface area contributed by atoms with Gasteiger partial charge in [-0.25, -0.2) is 4.79 Å². The molecule has 7 nitrogen and oxygen atoms in total. The zero-order valence-corrected chi connectivity index (χ0v) is 18.5. The second-order valence-electron chi connectivity index (χ2n) is 8.22. The molecule has 7 heteroatoms. The molecule has 164 valence electrons. The van der Waals surface area contributed by atoms with Crippen LogP contribution in [0, 0.1) is 6.92 Å². The Balaban J connectivity index is 1.45. The van der Waals surface area contributed by atoms with E-state index in [-0.39, 0.29) is 24.0 Å². The number of carbonyl (C=O) groups is 2. The molecule has 2 atom stereocenters. The molecule has 0 spiro atoms. The summed E-state index contributed by atoms with van der Waals surface area (Å²) < 4.78 is 10.8. The van der Waals surface area contributed by atoms with Crippen LogP contribution in [-0.4, -0.2) is 50.2 Å². The smallest absolute Gasteiger partial charge is 0.318 e. The van der Waals surface area contributed by atoms with Gasteiger partial charge in [-0.05, 0) is 55.7 Å². The third-order valence-electron chi connectivity index (χ3n) is 6.24. The van der Waals surface area contributed by atoms with Crippen molar-refractivity contribution >= 4 is 17.6 Å². The van der Waals surface area contributed by atoms with E-state index < -0.39 is 0 Å². The summed E-state index contributed by atoms with van der Waals surface area (Å²) in [6.45, 7) is 5.12. The van der Waals surface area contributed by atoms with Crippen LogP contribution in [0.15, 0.2) is 36.4 Å². The van der Waals surface area contributed by atoms with E-state index in [9.17, 15) is 9.59 Å². The van der Waals surface area contributed by atoms with Crippen LogP contribution >= 0.6 is 0 Å². The van der Waals surface area contributed by atoms with Gasteiger partial charge in [0.05, 0.1) is 26.3 Å². The lowest BCUT2D eigenvalue weighted by Gasteiger charge is -2.36. The van der Waals surface area contributed by atoms with Crippen LogP contribution in [0.2, 0.25) is 0 Å². The zero-order valence-electron chi connectivity index (χ0n) is 18.5. The summed E-state index contributed by atoms with van der Waals surface area (Å²) in [7, 11) is 3.23. The molecule has 0 unspecified atom stereocenters. The second kappa shape index (κ2) is 8.49. The molecule has 0 bridgehead atoms. The standard InChI is InChI=1S/C24H29N3O4/c1-15-5-7-19(8-6-15)27-14-18(12-23(27)28)25-24(29)26-10-9-17-11-21(30-3)22(31-4)13-20(17)16(26)2/h5-8,11,13,16,18H,9-10,12,14H2,1-4H3,(H,25,29)/t16-,18+/m0/s1. The van der Waals surface area contributed by atoms with E-state index in [1.54, 1.807) is 19.1 Å². The van der Waals surface area contributed by atoms with E-state index in [0.29, 0.717) is 31.0 Å². The summed E-state index contributed by atoms with van der Waals surface area (Å²) >= 11 is 0. The Labute approximate surface area is 182 Å². The quantitative estimate of drug-likeness (QED) is 0.818. The first-order chi connectivity index (χ1) is 14.9. The van der Waals surface area contributed by atoms with Crippen LogP contribution in [0.5, 0.6) is 11.5 Å². The second-order valence-corrected chi connectivity index (χ2v) is 8.22. The van der Waals surface area contributed by atoms with Gasteiger partial charge >= 0.3 is 6.03 Å². The Hall–Kier alpha value is -3.22. The average Bonchev–Trinajstić information content (AvgIpc) is 3.13. The number of anilines is 1. The van der Waals surface area contributed by atoms with Crippen LogP contribution in [0.3, 0.4) is 0 Å². The maximum Gasteiger partial charge on any atom is 0.318 e. The summed E-state index contributed by atoms with van der Waals surface area (Å²) in [6, 6.07) is 11.4. The van der Waals surface area contributed by atoms with Crippen LogP contribution in [0.1, 0.15) is 36.1 Å². The van der Waals surface area contributed by atoms with Crippen LogP contribution < -0.4 is 19.7 Å². The fourth-order valence-electron chi connectivity index (χ4n) is 4.46. The molecule has 4 rings (SSSR count). The molecule has 2 aromatic carbocycles. The number of rotatable bonds is 4. The van der Waals surface area contributed by atoms with Crippen molar-refractivity contribution in [1.82, 2.24) is 10.2 Å². The van der Waals surface area contributed by atoms with Crippen LogP contribution in [0.25, 0.3) is 0 Å². The lowest BCUT2D eigenvalue weighted by atomic mass is 9.93. The molecule has 1 saturated heterocycles. The van der Waals surface area contributed by atoms with Gasteiger partial charge in [-0.1, -0.05) is 17.7 Å². The monoisotopic (exact) mass is 423 g/mol. The number of amides is 3. The van der Waals surface area contributed by atoms with Crippen molar-refractivity contribution in [3.63, 3.8) is 0 Å². The Kier molecular flexibility index (Phi) is 5.76. The third-order valence-corrected chi connectivity index (χ3v) is 6.24. The van der Waals surface area contributed by atoms with Gasteiger partial charge in [0.15, 0.2) is 11.5 Å². The van der Waals surface area contributed by atoms with Gasteiger partial charge in [-0.2, -0.15) is 0 Å². The van der Waals surface area contributed by atoms with Crippen molar-refractivity contribution in [2.24, 2.45) is 0 Å². The molecular formula is C24H29N3O4. The Morgan fingerprint density at radius 3 is 2.45 bits per heavy atom. The highest BCUT2D eigenvalue weighted by Gasteiger charge is 2.35. The Morgan fingerprint density at radius 1 is 1.10 bits per heavy atom. The third kappa shape index (κ3) is 4.04. The minimum atomic E-state index is -0.208. The van der Waals surface area contributed by atoms with E-state index >= 15 is 0 Å². The summed E-state index contributed by atoms with van der Waals surface area (Å²) in [6.07, 6.45) is 1.05. The summed E-state index contributed by atoms with van der Waals surface area (Å²) in [5.74, 6) is 1.39. The summed E-state index contributed by atoms with van der Waals surface area (Å²) in [5.41, 5.74) is 4.24. The van der Waals surface area contributed by atoms with Crippen molar-refractivity contribution in [3.05, 3.63) is 53.1 Å². The molecule has 3 amide bonds. The fourth-order valence-corrected chi connectivity index (χ4v) is 4.46. The molecule has 2 aromatic rings. The number of carbonyl (C=O) groups excluding carboxylic acids is 2. The molecule has 2 heterocycles. The Bertz CT molecular complexity index is 989. The first-order valence-electron chi connectivity index (χ1n) is 10.6. The fraction of sp³-hybridized carbons (Fsp3) is 0.417. The number of ether oxygens (including phenoxy) is 2. The molecule has 0 aliphatic carbocycles. The molecule has 2 aliphatic rings. The minimum absolute atomic E-state index is 0.0306. The molecule has 31 heavy (non-hydrogen) atoms. The number of urea groups is 1. The number of aryl methyl sites for hydroxylation is 1. The van der Waals surface area contributed by atoms with Gasteiger partial charge in [0.2, 0.25) is 5.91 Å². The van der Waals surface area contributed by atoms with Crippen molar-refractivity contribution in [1.29, 1.82) is 0 Å². The lowest BCUT2D eigenvalue weighted by Crippen LogP contribution is -2.48. The van der Waals surface area contributed by atoms with Gasteiger partial charge in [-0.3, -0.25) is 4.79 Å². The van der Waals surface area contributed by atoms with Gasteiger partial charge in [-0.15, -0.1) is 0 Å². The highest BCUT2D eigenvalue weighted by molar-refractivity contribution is 5.96. The molecular weight excluding hydrogens is 394 g/mol. The maximum atomic E-state index is 13.1. The highest BCUT2D eigenvalue weighted by atomic mass is 16.5. The number of hydrogen-bond acceptors (Lipinski definition) is 4. The first-order valence-corrected chi connectivity index (χ1v) is 10.6. The van der Waals surface area contributed by atoms with E-state index in [0.717, 1.165) is 28.8 Å². The number of benzene rings is 2. The predicted molar refractivity (Wildman–Crippen MR) is 119 cm³/mol. The van der Waals surface area contributed by atoms with Gasteiger partial charge in [0.1, 0.15) is 0 Å². The van der Waals surface area contributed by atoms with E-state index in [2.05, 4.69) is 5.32 Å². The van der Waals surface area contributed by atoms with Crippen molar-refractivity contribution in [3.8, 4) is 11.5 Å². The molecule has 2 aliphatic heterocycles. The lowest BCUT2D eigenvalue weighted by molar-refractivity contribution is -0.117. The molecule has 1 N–H and O–H groups in total. The number of nitrogens with zero attached hydrogens (tertiary/aromatic N) is 2. The minimum Gasteiger partial charge on any atom is -0.493 e. The van der Waals surface area contributed by atoms with Crippen LogP contribution in [-0.2, 0) is 11.2 Å². The summed E-state index contributed by atoms with van der Waals surface area (Å²) in [4.78, 5) is 29.2. The first kappa shape index (κ1) is 21.0.